The Balaban J connectivity index is 2.02. The van der Waals surface area contributed by atoms with Crippen molar-refractivity contribution < 1.29 is 0 Å². The summed E-state index contributed by atoms with van der Waals surface area (Å²) in [6.07, 6.45) is 5.66. The number of rotatable bonds is 2. The van der Waals surface area contributed by atoms with E-state index in [1.165, 1.54) is 0 Å². The van der Waals surface area contributed by atoms with Gasteiger partial charge in [-0.3, -0.25) is 4.98 Å². The third-order valence-electron chi connectivity index (χ3n) is 3.74. The first-order valence-electron chi connectivity index (χ1n) is 6.80. The van der Waals surface area contributed by atoms with Crippen LogP contribution in [0.3, 0.4) is 0 Å². The van der Waals surface area contributed by atoms with Crippen LogP contribution < -0.4 is 0 Å². The van der Waals surface area contributed by atoms with E-state index in [0.29, 0.717) is 16.6 Å². The van der Waals surface area contributed by atoms with Crippen molar-refractivity contribution in [1.82, 2.24) is 14.5 Å². The Hall–Kier alpha value is -2.38. The molecule has 4 rings (SSSR count). The summed E-state index contributed by atoms with van der Waals surface area (Å²) in [5, 5.41) is 9.63. The van der Waals surface area contributed by atoms with Crippen LogP contribution >= 0.6 is 11.6 Å². The van der Waals surface area contributed by atoms with Crippen LogP contribution in [0.1, 0.15) is 24.4 Å². The van der Waals surface area contributed by atoms with Gasteiger partial charge in [0, 0.05) is 24.0 Å². The smallest absolute Gasteiger partial charge is 0.143 e. The lowest BCUT2D eigenvalue weighted by atomic mass is 10.2. The summed E-state index contributed by atoms with van der Waals surface area (Å²) in [6, 6.07) is 10.1. The first-order valence-corrected chi connectivity index (χ1v) is 7.17. The van der Waals surface area contributed by atoms with Crippen molar-refractivity contribution in [2.75, 3.05) is 0 Å². The van der Waals surface area contributed by atoms with E-state index in [0.717, 1.165) is 35.3 Å². The molecule has 21 heavy (non-hydrogen) atoms. The van der Waals surface area contributed by atoms with E-state index in [1.54, 1.807) is 12.4 Å². The number of hydrogen-bond acceptors (Lipinski definition) is 3. The van der Waals surface area contributed by atoms with E-state index in [4.69, 9.17) is 21.8 Å². The third-order valence-corrected chi connectivity index (χ3v) is 4.05. The van der Waals surface area contributed by atoms with Crippen molar-refractivity contribution in [2.24, 2.45) is 0 Å². The fraction of sp³-hybridized carbons (Fsp3) is 0.188. The first-order chi connectivity index (χ1) is 10.3. The van der Waals surface area contributed by atoms with Gasteiger partial charge in [-0.25, -0.2) is 4.98 Å². The number of nitrogens with zero attached hydrogens (tertiary/aromatic N) is 4. The maximum atomic E-state index is 9.04. The second kappa shape index (κ2) is 4.57. The zero-order chi connectivity index (χ0) is 14.4. The third kappa shape index (κ3) is 1.98. The van der Waals surface area contributed by atoms with Crippen LogP contribution in [0.5, 0.6) is 0 Å². The number of fused-ring (bicyclic) bond motifs is 1. The topological polar surface area (TPSA) is 54.5 Å². The Labute approximate surface area is 126 Å². The van der Waals surface area contributed by atoms with Crippen LogP contribution in [-0.4, -0.2) is 14.5 Å². The highest BCUT2D eigenvalue weighted by atomic mass is 35.5. The van der Waals surface area contributed by atoms with Crippen LogP contribution in [0.4, 0.5) is 0 Å². The summed E-state index contributed by atoms with van der Waals surface area (Å²) >= 11 is 6.27. The van der Waals surface area contributed by atoms with E-state index < -0.39 is 0 Å². The van der Waals surface area contributed by atoms with Crippen molar-refractivity contribution in [3.05, 3.63) is 47.2 Å². The maximum absolute atomic E-state index is 9.04. The van der Waals surface area contributed by atoms with Gasteiger partial charge in [0.25, 0.3) is 0 Å². The van der Waals surface area contributed by atoms with Gasteiger partial charge in [-0.15, -0.1) is 0 Å². The molecule has 2 heterocycles. The zero-order valence-corrected chi connectivity index (χ0v) is 11.9. The molecule has 3 aromatic rings. The molecule has 4 nitrogen and oxygen atoms in total. The van der Waals surface area contributed by atoms with Crippen LogP contribution in [0, 0.1) is 11.3 Å². The predicted molar refractivity (Wildman–Crippen MR) is 81.0 cm³/mol. The zero-order valence-electron chi connectivity index (χ0n) is 11.1. The summed E-state index contributed by atoms with van der Waals surface area (Å²) < 4.78 is 2.23. The van der Waals surface area contributed by atoms with Gasteiger partial charge in [0.2, 0.25) is 0 Å². The average molecular weight is 295 g/mol. The van der Waals surface area contributed by atoms with Gasteiger partial charge >= 0.3 is 0 Å². The standard InChI is InChI=1S/C16H11ClN4/c17-13-9-19-6-5-12(13)16-20-14-7-10(8-18)1-4-15(14)21(16)11-2-3-11/h1,4-7,9,11H,2-3H2. The first kappa shape index (κ1) is 12.4. The molecule has 1 fully saturated rings. The highest BCUT2D eigenvalue weighted by Crippen LogP contribution is 2.42. The van der Waals surface area contributed by atoms with Gasteiger partial charge in [-0.2, -0.15) is 5.26 Å². The molecule has 0 amide bonds. The summed E-state index contributed by atoms with van der Waals surface area (Å²) in [5.74, 6) is 0.856. The molecule has 0 atom stereocenters. The molecule has 102 valence electrons. The fourth-order valence-electron chi connectivity index (χ4n) is 2.62. The molecule has 1 saturated carbocycles. The van der Waals surface area contributed by atoms with Gasteiger partial charge in [0.15, 0.2) is 0 Å². The van der Waals surface area contributed by atoms with Crippen LogP contribution in [-0.2, 0) is 0 Å². The molecule has 1 aromatic carbocycles. The highest BCUT2D eigenvalue weighted by Gasteiger charge is 2.29. The van der Waals surface area contributed by atoms with Gasteiger partial charge in [-0.05, 0) is 37.1 Å². The van der Waals surface area contributed by atoms with Gasteiger partial charge < -0.3 is 4.57 Å². The lowest BCUT2D eigenvalue weighted by Gasteiger charge is -2.08. The molecule has 0 unspecified atom stereocenters. The van der Waals surface area contributed by atoms with Crippen LogP contribution in [0.2, 0.25) is 5.02 Å². The molecule has 5 heteroatoms. The van der Waals surface area contributed by atoms with E-state index in [-0.39, 0.29) is 0 Å². The minimum absolute atomic E-state index is 0.474. The Morgan fingerprint density at radius 2 is 2.14 bits per heavy atom. The van der Waals surface area contributed by atoms with Crippen molar-refractivity contribution in [1.29, 1.82) is 5.26 Å². The molecule has 0 aliphatic heterocycles. The van der Waals surface area contributed by atoms with Crippen molar-refractivity contribution in [3.63, 3.8) is 0 Å². The second-order valence-corrected chi connectivity index (χ2v) is 5.61. The van der Waals surface area contributed by atoms with Crippen LogP contribution in [0.15, 0.2) is 36.7 Å². The minimum atomic E-state index is 0.474. The lowest BCUT2D eigenvalue weighted by molar-refractivity contribution is 0.775. The maximum Gasteiger partial charge on any atom is 0.143 e. The number of imidazole rings is 1. The number of aromatic nitrogens is 3. The number of pyridine rings is 1. The van der Waals surface area contributed by atoms with Gasteiger partial charge in [0.05, 0.1) is 27.7 Å². The number of nitriles is 1. The average Bonchev–Trinajstić information content (AvgIpc) is 3.27. The number of halogens is 1. The largest absolute Gasteiger partial charge is 0.321 e. The van der Waals surface area contributed by atoms with Gasteiger partial charge in [-0.1, -0.05) is 11.6 Å². The molecule has 1 aliphatic carbocycles. The van der Waals surface area contributed by atoms with E-state index in [9.17, 15) is 0 Å². The molecule has 0 bridgehead atoms. The lowest BCUT2D eigenvalue weighted by Crippen LogP contribution is -1.98. The second-order valence-electron chi connectivity index (χ2n) is 5.21. The van der Waals surface area contributed by atoms with Crippen molar-refractivity contribution >= 4 is 22.6 Å². The minimum Gasteiger partial charge on any atom is -0.321 e. The Kier molecular flexibility index (Phi) is 2.69. The van der Waals surface area contributed by atoms with E-state index in [1.807, 2.05) is 24.3 Å². The van der Waals surface area contributed by atoms with Gasteiger partial charge in [0.1, 0.15) is 5.82 Å². The summed E-state index contributed by atoms with van der Waals surface area (Å²) in [4.78, 5) is 8.74. The monoisotopic (exact) mass is 294 g/mol. The number of hydrogen-bond donors (Lipinski definition) is 0. The summed E-state index contributed by atoms with van der Waals surface area (Å²) in [7, 11) is 0. The molecule has 0 N–H and O–H groups in total. The highest BCUT2D eigenvalue weighted by molar-refractivity contribution is 6.33. The molecule has 2 aromatic heterocycles. The fourth-order valence-corrected chi connectivity index (χ4v) is 2.82. The summed E-state index contributed by atoms with van der Waals surface area (Å²) in [5.41, 5.74) is 3.40. The molecule has 1 aliphatic rings. The van der Waals surface area contributed by atoms with E-state index >= 15 is 0 Å². The molecule has 0 saturated heterocycles. The quantitative estimate of drug-likeness (QED) is 0.719. The van der Waals surface area contributed by atoms with E-state index in [2.05, 4.69) is 15.6 Å². The van der Waals surface area contributed by atoms with Crippen molar-refractivity contribution in [3.8, 4) is 17.5 Å². The Morgan fingerprint density at radius 1 is 1.29 bits per heavy atom. The molecular weight excluding hydrogens is 284 g/mol. The normalized spacial score (nSPS) is 14.3. The van der Waals surface area contributed by atoms with Crippen LogP contribution in [0.25, 0.3) is 22.4 Å². The predicted octanol–water partition coefficient (Wildman–Crippen LogP) is 3.96. The Morgan fingerprint density at radius 3 is 2.86 bits per heavy atom. The molecule has 0 spiro atoms. The summed E-state index contributed by atoms with van der Waals surface area (Å²) in [6.45, 7) is 0. The molecule has 0 radical (unpaired) electrons. The SMILES string of the molecule is N#Cc1ccc2c(c1)nc(-c1ccncc1Cl)n2C1CC1. The molecular formula is C16H11ClN4. The Bertz CT molecular complexity index is 887. The van der Waals surface area contributed by atoms with Crippen molar-refractivity contribution in [2.45, 2.75) is 18.9 Å². The number of benzene rings is 1.